The predicted octanol–water partition coefficient (Wildman–Crippen LogP) is 4.97. The van der Waals surface area contributed by atoms with Gasteiger partial charge in [-0.2, -0.15) is 5.10 Å². The normalized spacial score (nSPS) is 24.7. The minimum Gasteiger partial charge on any atom is -0.396 e. The molecule has 3 aromatic rings. The first-order chi connectivity index (χ1) is 16.9. The van der Waals surface area contributed by atoms with E-state index in [0.29, 0.717) is 16.1 Å². The first-order valence-corrected chi connectivity index (χ1v) is 13.4. The smallest absolute Gasteiger partial charge is 0.179 e. The third kappa shape index (κ3) is 4.88. The molecule has 0 aliphatic carbocycles. The average Bonchev–Trinajstić information content (AvgIpc) is 3.19. The molecular weight excluding hydrogens is 483 g/mol. The second kappa shape index (κ2) is 10.2. The number of anilines is 1. The zero-order chi connectivity index (χ0) is 24.7. The molecule has 35 heavy (non-hydrogen) atoms. The molecule has 7 nitrogen and oxygen atoms in total. The van der Waals surface area contributed by atoms with Crippen molar-refractivity contribution in [1.29, 1.82) is 0 Å². The molecule has 2 aromatic heterocycles. The first kappa shape index (κ1) is 24.8. The van der Waals surface area contributed by atoms with E-state index in [-0.39, 0.29) is 18.6 Å². The van der Waals surface area contributed by atoms with E-state index < -0.39 is 0 Å². The summed E-state index contributed by atoms with van der Waals surface area (Å²) in [6.07, 6.45) is 5.42. The van der Waals surface area contributed by atoms with Crippen LogP contribution in [0.1, 0.15) is 50.4 Å². The third-order valence-electron chi connectivity index (χ3n) is 7.75. The Kier molecular flexibility index (Phi) is 7.22. The van der Waals surface area contributed by atoms with E-state index in [1.807, 2.05) is 29.9 Å². The molecule has 0 spiro atoms. The van der Waals surface area contributed by atoms with Crippen molar-refractivity contribution >= 4 is 40.2 Å². The molecule has 0 amide bonds. The lowest BCUT2D eigenvalue weighted by atomic mass is 9.88. The Morgan fingerprint density at radius 1 is 1.17 bits per heavy atom. The van der Waals surface area contributed by atoms with Crippen LogP contribution in [0.3, 0.4) is 0 Å². The molecule has 4 heterocycles. The van der Waals surface area contributed by atoms with Gasteiger partial charge in [-0.05, 0) is 63.3 Å². The Hall–Kier alpha value is -1.93. The summed E-state index contributed by atoms with van der Waals surface area (Å²) >= 11 is 12.6. The summed E-state index contributed by atoms with van der Waals surface area (Å²) in [6.45, 7) is 10.5. The van der Waals surface area contributed by atoms with Crippen molar-refractivity contribution in [1.82, 2.24) is 24.6 Å². The number of aliphatic hydroxyl groups is 1. The number of rotatable bonds is 5. The zero-order valence-electron chi connectivity index (χ0n) is 20.7. The molecule has 2 aliphatic heterocycles. The van der Waals surface area contributed by atoms with Crippen LogP contribution in [0.5, 0.6) is 0 Å². The molecule has 2 aliphatic rings. The second-order valence-corrected chi connectivity index (χ2v) is 11.1. The number of aliphatic hydroxyl groups excluding tert-OH is 1. The molecule has 5 rings (SSSR count). The van der Waals surface area contributed by atoms with Crippen LogP contribution >= 0.6 is 23.2 Å². The molecule has 9 heteroatoms. The maximum Gasteiger partial charge on any atom is 0.179 e. The van der Waals surface area contributed by atoms with Gasteiger partial charge in [-0.1, -0.05) is 36.2 Å². The number of aromatic nitrogens is 4. The molecule has 0 bridgehead atoms. The molecule has 4 atom stereocenters. The fourth-order valence-electron chi connectivity index (χ4n) is 5.85. The van der Waals surface area contributed by atoms with Crippen LogP contribution in [0.2, 0.25) is 10.0 Å². The molecule has 2 fully saturated rings. The Bertz CT molecular complexity index is 1200. The minimum absolute atomic E-state index is 0.127. The Balaban J connectivity index is 1.41. The Morgan fingerprint density at radius 3 is 2.74 bits per heavy atom. The highest BCUT2D eigenvalue weighted by atomic mass is 35.5. The van der Waals surface area contributed by atoms with E-state index in [2.05, 4.69) is 23.6 Å². The topological polar surface area (TPSA) is 70.3 Å². The van der Waals surface area contributed by atoms with Crippen molar-refractivity contribution < 1.29 is 5.11 Å². The van der Waals surface area contributed by atoms with Crippen LogP contribution in [-0.2, 0) is 0 Å². The van der Waals surface area contributed by atoms with Crippen LogP contribution in [-0.4, -0.2) is 68.6 Å². The summed E-state index contributed by atoms with van der Waals surface area (Å²) in [7, 11) is 0. The first-order valence-electron chi connectivity index (χ1n) is 12.6. The summed E-state index contributed by atoms with van der Waals surface area (Å²) in [5.74, 6) is 1.76. The fraction of sp³-hybridized carbons (Fsp3) is 0.577. The van der Waals surface area contributed by atoms with Crippen molar-refractivity contribution in [2.45, 2.75) is 52.1 Å². The van der Waals surface area contributed by atoms with E-state index >= 15 is 0 Å². The summed E-state index contributed by atoms with van der Waals surface area (Å²) in [4.78, 5) is 14.7. The Labute approximate surface area is 217 Å². The van der Waals surface area contributed by atoms with Gasteiger partial charge in [0.15, 0.2) is 5.65 Å². The SMILES string of the molecule is Cc1nn([C@H](C)c2ccc(Cl)cc2Cl)c2nc(N3CCC(N4CCC[C@@H](C)C4)[C@H](CO)C3)cnc12. The number of aryl methyl sites for hydroxylation is 1. The van der Waals surface area contributed by atoms with Gasteiger partial charge in [0.2, 0.25) is 0 Å². The summed E-state index contributed by atoms with van der Waals surface area (Å²) < 4.78 is 1.90. The minimum atomic E-state index is -0.127. The van der Waals surface area contributed by atoms with E-state index in [4.69, 9.17) is 38.3 Å². The van der Waals surface area contributed by atoms with E-state index in [0.717, 1.165) is 66.8 Å². The van der Waals surface area contributed by atoms with Crippen LogP contribution < -0.4 is 4.90 Å². The number of hydrogen-bond donors (Lipinski definition) is 1. The van der Waals surface area contributed by atoms with Crippen LogP contribution in [0.4, 0.5) is 5.82 Å². The monoisotopic (exact) mass is 516 g/mol. The van der Waals surface area contributed by atoms with Gasteiger partial charge in [-0.3, -0.25) is 4.90 Å². The molecular formula is C26H34Cl2N6O. The number of fused-ring (bicyclic) bond motifs is 1. The lowest BCUT2D eigenvalue weighted by Gasteiger charge is -2.46. The van der Waals surface area contributed by atoms with Crippen LogP contribution in [0, 0.1) is 18.8 Å². The fourth-order valence-corrected chi connectivity index (χ4v) is 6.42. The molecule has 0 saturated carbocycles. The number of halogens is 2. The molecule has 1 aromatic carbocycles. The van der Waals surface area contributed by atoms with Gasteiger partial charge in [-0.25, -0.2) is 14.6 Å². The van der Waals surface area contributed by atoms with Gasteiger partial charge >= 0.3 is 0 Å². The van der Waals surface area contributed by atoms with Gasteiger partial charge in [-0.15, -0.1) is 0 Å². The number of likely N-dealkylation sites (tertiary alicyclic amines) is 1. The van der Waals surface area contributed by atoms with Crippen molar-refractivity contribution in [2.24, 2.45) is 11.8 Å². The molecule has 188 valence electrons. The maximum atomic E-state index is 10.3. The number of piperidine rings is 2. The highest BCUT2D eigenvalue weighted by molar-refractivity contribution is 6.35. The average molecular weight is 518 g/mol. The molecule has 2 saturated heterocycles. The quantitative estimate of drug-likeness (QED) is 0.516. The summed E-state index contributed by atoms with van der Waals surface area (Å²) in [6, 6.07) is 5.84. The third-order valence-corrected chi connectivity index (χ3v) is 8.31. The van der Waals surface area contributed by atoms with Gasteiger partial charge < -0.3 is 10.0 Å². The van der Waals surface area contributed by atoms with Crippen molar-refractivity contribution in [3.63, 3.8) is 0 Å². The van der Waals surface area contributed by atoms with E-state index in [1.54, 1.807) is 6.07 Å². The molecule has 0 radical (unpaired) electrons. The highest BCUT2D eigenvalue weighted by Crippen LogP contribution is 2.32. The highest BCUT2D eigenvalue weighted by Gasteiger charge is 2.35. The number of benzene rings is 1. The van der Waals surface area contributed by atoms with Crippen molar-refractivity contribution in [3.8, 4) is 0 Å². The lowest BCUT2D eigenvalue weighted by molar-refractivity contribution is 0.0524. The van der Waals surface area contributed by atoms with Gasteiger partial charge in [0, 0.05) is 48.2 Å². The maximum absolute atomic E-state index is 10.3. The van der Waals surface area contributed by atoms with Gasteiger partial charge in [0.25, 0.3) is 0 Å². The van der Waals surface area contributed by atoms with E-state index in [1.165, 1.54) is 12.8 Å². The van der Waals surface area contributed by atoms with Crippen molar-refractivity contribution in [2.75, 3.05) is 37.7 Å². The summed E-state index contributed by atoms with van der Waals surface area (Å²) in [5, 5.41) is 16.2. The van der Waals surface area contributed by atoms with Crippen molar-refractivity contribution in [3.05, 3.63) is 45.7 Å². The number of nitrogens with zero attached hydrogens (tertiary/aromatic N) is 6. The molecule has 1 N–H and O–H groups in total. The van der Waals surface area contributed by atoms with E-state index in [9.17, 15) is 5.11 Å². The summed E-state index contributed by atoms with van der Waals surface area (Å²) in [5.41, 5.74) is 3.30. The predicted molar refractivity (Wildman–Crippen MR) is 141 cm³/mol. The van der Waals surface area contributed by atoms with Gasteiger partial charge in [0.1, 0.15) is 11.3 Å². The zero-order valence-corrected chi connectivity index (χ0v) is 22.2. The standard InChI is InChI=1S/C26H34Cl2N6O/c1-16-5-4-9-32(13-16)23-8-10-33(14-19(23)15-35)24-12-29-25-17(2)31-34(26(25)30-24)18(3)21-7-6-20(27)11-22(21)28/h6-7,11-12,16,18-19,23,35H,4-5,8-10,13-15H2,1-3H3/t16-,18-,19+,23?/m1/s1. The Morgan fingerprint density at radius 2 is 2.00 bits per heavy atom. The van der Waals surface area contributed by atoms with Crippen LogP contribution in [0.25, 0.3) is 11.2 Å². The lowest BCUT2D eigenvalue weighted by Crippen LogP contribution is -2.54. The molecule has 1 unspecified atom stereocenters. The van der Waals surface area contributed by atoms with Crippen LogP contribution in [0.15, 0.2) is 24.4 Å². The largest absolute Gasteiger partial charge is 0.396 e. The second-order valence-electron chi connectivity index (χ2n) is 10.3. The number of hydrogen-bond acceptors (Lipinski definition) is 6. The van der Waals surface area contributed by atoms with Gasteiger partial charge in [0.05, 0.1) is 17.9 Å².